The van der Waals surface area contributed by atoms with E-state index in [-0.39, 0.29) is 11.3 Å². The summed E-state index contributed by atoms with van der Waals surface area (Å²) >= 11 is 0. The standard InChI is InChI=1S/C17H12FNO/c1-11-10-14(12-6-3-5-9-16(12)19-11)17(20)13-7-2-4-8-15(13)18/h2-10H,1H3. The maximum Gasteiger partial charge on any atom is 0.196 e. The van der Waals surface area contributed by atoms with E-state index in [9.17, 15) is 9.18 Å². The molecule has 0 unspecified atom stereocenters. The van der Waals surface area contributed by atoms with Gasteiger partial charge < -0.3 is 0 Å². The number of fused-ring (bicyclic) bond motifs is 1. The van der Waals surface area contributed by atoms with Crippen LogP contribution in [-0.4, -0.2) is 10.8 Å². The van der Waals surface area contributed by atoms with Crippen molar-refractivity contribution in [1.82, 2.24) is 4.98 Å². The van der Waals surface area contributed by atoms with Crippen LogP contribution >= 0.6 is 0 Å². The summed E-state index contributed by atoms with van der Waals surface area (Å²) in [5.41, 5.74) is 2.05. The lowest BCUT2D eigenvalue weighted by atomic mass is 9.98. The summed E-state index contributed by atoms with van der Waals surface area (Å²) in [6.45, 7) is 1.82. The molecule has 0 aliphatic carbocycles. The predicted molar refractivity (Wildman–Crippen MR) is 76.3 cm³/mol. The van der Waals surface area contributed by atoms with E-state index in [1.165, 1.54) is 12.1 Å². The molecular weight excluding hydrogens is 253 g/mol. The zero-order chi connectivity index (χ0) is 14.1. The Hall–Kier alpha value is -2.55. The van der Waals surface area contributed by atoms with Crippen LogP contribution in [0.1, 0.15) is 21.6 Å². The second kappa shape index (κ2) is 4.85. The van der Waals surface area contributed by atoms with Crippen LogP contribution in [-0.2, 0) is 0 Å². The number of hydrogen-bond acceptors (Lipinski definition) is 2. The number of carbonyl (C=O) groups is 1. The van der Waals surface area contributed by atoms with Gasteiger partial charge >= 0.3 is 0 Å². The summed E-state index contributed by atoms with van der Waals surface area (Å²) in [5, 5.41) is 0.742. The van der Waals surface area contributed by atoms with E-state index in [0.29, 0.717) is 5.56 Å². The second-order valence-corrected chi connectivity index (χ2v) is 4.64. The SMILES string of the molecule is Cc1cc(C(=O)c2ccccc2F)c2ccccc2n1. The molecule has 0 saturated heterocycles. The number of aromatic nitrogens is 1. The summed E-state index contributed by atoms with van der Waals surface area (Å²) < 4.78 is 13.8. The molecule has 3 heteroatoms. The molecule has 0 radical (unpaired) electrons. The summed E-state index contributed by atoms with van der Waals surface area (Å²) in [5.74, 6) is -0.819. The molecule has 20 heavy (non-hydrogen) atoms. The Morgan fingerprint density at radius 3 is 2.50 bits per heavy atom. The molecule has 2 aromatic carbocycles. The number of pyridine rings is 1. The van der Waals surface area contributed by atoms with Crippen molar-refractivity contribution in [2.24, 2.45) is 0 Å². The van der Waals surface area contributed by atoms with Gasteiger partial charge in [0.25, 0.3) is 0 Å². The first kappa shape index (κ1) is 12.5. The van der Waals surface area contributed by atoms with Crippen molar-refractivity contribution in [2.75, 3.05) is 0 Å². The maximum absolute atomic E-state index is 13.8. The first-order chi connectivity index (χ1) is 9.66. The molecule has 0 amide bonds. The van der Waals surface area contributed by atoms with Gasteiger partial charge in [0.05, 0.1) is 11.1 Å². The predicted octanol–water partition coefficient (Wildman–Crippen LogP) is 3.91. The van der Waals surface area contributed by atoms with Gasteiger partial charge in [-0.2, -0.15) is 0 Å². The Balaban J connectivity index is 2.24. The number of aryl methyl sites for hydroxylation is 1. The Kier molecular flexibility index (Phi) is 3.03. The fraction of sp³-hybridized carbons (Fsp3) is 0.0588. The summed E-state index contributed by atoms with van der Waals surface area (Å²) in [7, 11) is 0. The minimum Gasteiger partial charge on any atom is -0.288 e. The van der Waals surface area contributed by atoms with E-state index in [2.05, 4.69) is 4.98 Å². The molecule has 0 spiro atoms. The van der Waals surface area contributed by atoms with Crippen molar-refractivity contribution in [3.05, 3.63) is 77.2 Å². The fourth-order valence-electron chi connectivity index (χ4n) is 2.29. The monoisotopic (exact) mass is 265 g/mol. The van der Waals surface area contributed by atoms with Gasteiger partial charge in [0.2, 0.25) is 0 Å². The van der Waals surface area contributed by atoms with E-state index in [1.54, 1.807) is 18.2 Å². The lowest BCUT2D eigenvalue weighted by Gasteiger charge is -2.07. The molecule has 1 aromatic heterocycles. The minimum absolute atomic E-state index is 0.0863. The maximum atomic E-state index is 13.8. The average molecular weight is 265 g/mol. The van der Waals surface area contributed by atoms with Gasteiger partial charge in [-0.15, -0.1) is 0 Å². The first-order valence-corrected chi connectivity index (χ1v) is 6.32. The van der Waals surface area contributed by atoms with E-state index in [0.717, 1.165) is 16.6 Å². The number of nitrogens with zero attached hydrogens (tertiary/aromatic N) is 1. The molecule has 0 fully saturated rings. The average Bonchev–Trinajstić information content (AvgIpc) is 2.46. The highest BCUT2D eigenvalue weighted by Gasteiger charge is 2.16. The molecule has 1 heterocycles. The number of hydrogen-bond donors (Lipinski definition) is 0. The highest BCUT2D eigenvalue weighted by molar-refractivity contribution is 6.16. The molecule has 0 aliphatic heterocycles. The lowest BCUT2D eigenvalue weighted by Crippen LogP contribution is -2.06. The van der Waals surface area contributed by atoms with Crippen molar-refractivity contribution >= 4 is 16.7 Å². The third kappa shape index (κ3) is 2.07. The third-order valence-corrected chi connectivity index (χ3v) is 3.21. The first-order valence-electron chi connectivity index (χ1n) is 6.32. The second-order valence-electron chi connectivity index (χ2n) is 4.64. The van der Waals surface area contributed by atoms with E-state index >= 15 is 0 Å². The lowest BCUT2D eigenvalue weighted by molar-refractivity contribution is 0.103. The summed E-state index contributed by atoms with van der Waals surface area (Å²) in [6.07, 6.45) is 0. The van der Waals surface area contributed by atoms with Gasteiger partial charge in [-0.25, -0.2) is 4.39 Å². The Labute approximate surface area is 115 Å². The van der Waals surface area contributed by atoms with Crippen molar-refractivity contribution in [3.63, 3.8) is 0 Å². The molecule has 0 N–H and O–H groups in total. The van der Waals surface area contributed by atoms with Crippen LogP contribution in [0.3, 0.4) is 0 Å². The van der Waals surface area contributed by atoms with Gasteiger partial charge in [0.15, 0.2) is 5.78 Å². The van der Waals surface area contributed by atoms with E-state index in [1.807, 2.05) is 31.2 Å². The minimum atomic E-state index is -0.504. The number of ketones is 1. The number of rotatable bonds is 2. The fourth-order valence-corrected chi connectivity index (χ4v) is 2.29. The summed E-state index contributed by atoms with van der Waals surface area (Å²) in [4.78, 5) is 17.0. The smallest absolute Gasteiger partial charge is 0.196 e. The molecule has 3 aromatic rings. The van der Waals surface area contributed by atoms with Crippen LogP contribution in [0, 0.1) is 12.7 Å². The van der Waals surface area contributed by atoms with Gasteiger partial charge in [0.1, 0.15) is 5.82 Å². The third-order valence-electron chi connectivity index (χ3n) is 3.21. The van der Waals surface area contributed by atoms with Gasteiger partial charge in [-0.3, -0.25) is 9.78 Å². The number of benzene rings is 2. The van der Waals surface area contributed by atoms with Gasteiger partial charge in [0, 0.05) is 16.6 Å². The van der Waals surface area contributed by atoms with Gasteiger partial charge in [-0.1, -0.05) is 30.3 Å². The van der Waals surface area contributed by atoms with Crippen molar-refractivity contribution in [3.8, 4) is 0 Å². The van der Waals surface area contributed by atoms with Crippen molar-refractivity contribution in [2.45, 2.75) is 6.92 Å². The zero-order valence-electron chi connectivity index (χ0n) is 10.9. The van der Waals surface area contributed by atoms with Crippen LogP contribution in [0.15, 0.2) is 54.6 Å². The van der Waals surface area contributed by atoms with Crippen LogP contribution in [0.4, 0.5) is 4.39 Å². The molecule has 0 aliphatic rings. The molecule has 0 saturated carbocycles. The normalized spacial score (nSPS) is 10.7. The van der Waals surface area contributed by atoms with Crippen LogP contribution in [0.5, 0.6) is 0 Å². The molecule has 0 bridgehead atoms. The number of carbonyl (C=O) groups excluding carboxylic acids is 1. The van der Waals surface area contributed by atoms with Gasteiger partial charge in [-0.05, 0) is 31.2 Å². The Bertz CT molecular complexity index is 811. The van der Waals surface area contributed by atoms with Crippen molar-refractivity contribution < 1.29 is 9.18 Å². The zero-order valence-corrected chi connectivity index (χ0v) is 10.9. The Morgan fingerprint density at radius 1 is 1.00 bits per heavy atom. The highest BCUT2D eigenvalue weighted by atomic mass is 19.1. The number of halogens is 1. The number of para-hydroxylation sites is 1. The van der Waals surface area contributed by atoms with Crippen LogP contribution in [0.2, 0.25) is 0 Å². The van der Waals surface area contributed by atoms with E-state index in [4.69, 9.17) is 0 Å². The van der Waals surface area contributed by atoms with Crippen LogP contribution in [0.25, 0.3) is 10.9 Å². The largest absolute Gasteiger partial charge is 0.288 e. The van der Waals surface area contributed by atoms with Crippen molar-refractivity contribution in [1.29, 1.82) is 0 Å². The molecule has 0 atom stereocenters. The topological polar surface area (TPSA) is 30.0 Å². The summed E-state index contributed by atoms with van der Waals surface area (Å²) in [6, 6.07) is 15.1. The Morgan fingerprint density at radius 2 is 1.70 bits per heavy atom. The quantitative estimate of drug-likeness (QED) is 0.657. The molecule has 3 rings (SSSR count). The van der Waals surface area contributed by atoms with Crippen LogP contribution < -0.4 is 0 Å². The highest BCUT2D eigenvalue weighted by Crippen LogP contribution is 2.22. The molecule has 2 nitrogen and oxygen atoms in total. The molecule has 98 valence electrons. The molecular formula is C17H12FNO. The van der Waals surface area contributed by atoms with E-state index < -0.39 is 5.82 Å².